The summed E-state index contributed by atoms with van der Waals surface area (Å²) in [5.41, 5.74) is 4.41. The first-order valence-electron chi connectivity index (χ1n) is 7.08. The summed E-state index contributed by atoms with van der Waals surface area (Å²) in [5.74, 6) is 0.0422. The number of fused-ring (bicyclic) bond motifs is 1. The summed E-state index contributed by atoms with van der Waals surface area (Å²) in [6, 6.07) is 11.5. The third-order valence-corrected chi connectivity index (χ3v) is 3.56. The average Bonchev–Trinajstić information content (AvgIpc) is 2.89. The van der Waals surface area contributed by atoms with Crippen LogP contribution in [-0.4, -0.2) is 20.3 Å². The van der Waals surface area contributed by atoms with Crippen LogP contribution in [0.3, 0.4) is 0 Å². The molecule has 0 saturated carbocycles. The molecule has 0 saturated heterocycles. The number of pyridine rings is 1. The summed E-state index contributed by atoms with van der Waals surface area (Å²) >= 11 is 0. The summed E-state index contributed by atoms with van der Waals surface area (Å²) in [6.07, 6.45) is 2.19. The van der Waals surface area contributed by atoms with Crippen LogP contribution >= 0.6 is 0 Å². The second kappa shape index (κ2) is 5.48. The van der Waals surface area contributed by atoms with Crippen molar-refractivity contribution in [2.24, 2.45) is 0 Å². The van der Waals surface area contributed by atoms with Gasteiger partial charge in [0, 0.05) is 18.7 Å². The molecule has 0 amide bonds. The van der Waals surface area contributed by atoms with E-state index in [9.17, 15) is 4.79 Å². The molecule has 0 atom stereocenters. The lowest BCUT2D eigenvalue weighted by Crippen LogP contribution is -2.06. The number of nitrogens with zero attached hydrogens (tertiary/aromatic N) is 3. The minimum Gasteiger partial charge on any atom is -0.331 e. The lowest BCUT2D eigenvalue weighted by molar-refractivity contribution is 0.0988. The van der Waals surface area contributed by atoms with Crippen molar-refractivity contribution in [1.82, 2.24) is 14.5 Å². The van der Waals surface area contributed by atoms with E-state index in [2.05, 4.69) is 21.5 Å². The van der Waals surface area contributed by atoms with Gasteiger partial charge >= 0.3 is 0 Å². The quantitative estimate of drug-likeness (QED) is 0.689. The molecular formula is C17H17N3O. The van der Waals surface area contributed by atoms with Gasteiger partial charge in [0.25, 0.3) is 0 Å². The zero-order chi connectivity index (χ0) is 14.8. The fourth-order valence-electron chi connectivity index (χ4n) is 2.44. The molecule has 0 unspecified atom stereocenters. The molecule has 4 nitrogen and oxygen atoms in total. The SMILES string of the molecule is CCn1cnc2ccc(CC(=O)c3cccc(C)n3)cc21. The van der Waals surface area contributed by atoms with Crippen molar-refractivity contribution >= 4 is 16.8 Å². The standard InChI is InChI=1S/C17H17N3O/c1-3-20-11-18-14-8-7-13(9-16(14)20)10-17(21)15-6-4-5-12(2)19-15/h4-9,11H,3,10H2,1-2H3. The Balaban J connectivity index is 1.89. The normalized spacial score (nSPS) is 11.0. The van der Waals surface area contributed by atoms with E-state index in [0.717, 1.165) is 28.8 Å². The maximum Gasteiger partial charge on any atom is 0.185 e. The molecule has 0 aliphatic carbocycles. The molecule has 3 aromatic rings. The van der Waals surface area contributed by atoms with E-state index in [0.29, 0.717) is 12.1 Å². The Morgan fingerprint density at radius 2 is 2.10 bits per heavy atom. The first kappa shape index (κ1) is 13.5. The fraction of sp³-hybridized carbons (Fsp3) is 0.235. The number of aryl methyl sites for hydroxylation is 2. The van der Waals surface area contributed by atoms with Crippen molar-refractivity contribution < 1.29 is 4.79 Å². The first-order valence-corrected chi connectivity index (χ1v) is 7.08. The first-order chi connectivity index (χ1) is 10.2. The maximum atomic E-state index is 12.3. The lowest BCUT2D eigenvalue weighted by atomic mass is 10.1. The van der Waals surface area contributed by atoms with Gasteiger partial charge in [0.2, 0.25) is 0 Å². The summed E-state index contributed by atoms with van der Waals surface area (Å²) in [7, 11) is 0. The number of hydrogen-bond donors (Lipinski definition) is 0. The van der Waals surface area contributed by atoms with Crippen LogP contribution in [0.25, 0.3) is 11.0 Å². The fourth-order valence-corrected chi connectivity index (χ4v) is 2.44. The van der Waals surface area contributed by atoms with Crippen molar-refractivity contribution in [3.05, 3.63) is 59.7 Å². The molecule has 0 aliphatic rings. The molecule has 4 heteroatoms. The molecule has 2 aromatic heterocycles. The van der Waals surface area contributed by atoms with Crippen molar-refractivity contribution in [1.29, 1.82) is 0 Å². The predicted octanol–water partition coefficient (Wildman–Crippen LogP) is 3.19. The van der Waals surface area contributed by atoms with Crippen molar-refractivity contribution in [3.8, 4) is 0 Å². The van der Waals surface area contributed by atoms with Gasteiger partial charge in [-0.2, -0.15) is 0 Å². The van der Waals surface area contributed by atoms with E-state index < -0.39 is 0 Å². The van der Waals surface area contributed by atoms with Gasteiger partial charge in [0.1, 0.15) is 5.69 Å². The van der Waals surface area contributed by atoms with Gasteiger partial charge in [-0.15, -0.1) is 0 Å². The molecule has 0 radical (unpaired) electrons. The van der Waals surface area contributed by atoms with Crippen LogP contribution in [0.15, 0.2) is 42.7 Å². The van der Waals surface area contributed by atoms with Crippen molar-refractivity contribution in [2.45, 2.75) is 26.8 Å². The van der Waals surface area contributed by atoms with E-state index in [-0.39, 0.29) is 5.78 Å². The van der Waals surface area contributed by atoms with Gasteiger partial charge in [0.05, 0.1) is 17.4 Å². The molecule has 2 heterocycles. The lowest BCUT2D eigenvalue weighted by Gasteiger charge is -2.04. The van der Waals surface area contributed by atoms with E-state index in [1.807, 2.05) is 43.6 Å². The molecule has 106 valence electrons. The number of imidazole rings is 1. The number of Topliss-reactive ketones (excluding diaryl/α,β-unsaturated/α-hetero) is 1. The summed E-state index contributed by atoms with van der Waals surface area (Å²) in [6.45, 7) is 4.84. The van der Waals surface area contributed by atoms with E-state index in [4.69, 9.17) is 0 Å². The monoisotopic (exact) mass is 279 g/mol. The highest BCUT2D eigenvalue weighted by molar-refractivity contribution is 5.96. The Kier molecular flexibility index (Phi) is 3.52. The molecule has 1 aromatic carbocycles. The number of ketones is 1. The van der Waals surface area contributed by atoms with Crippen LogP contribution in [0, 0.1) is 6.92 Å². The molecule has 21 heavy (non-hydrogen) atoms. The molecule has 0 N–H and O–H groups in total. The maximum absolute atomic E-state index is 12.3. The van der Waals surface area contributed by atoms with Gasteiger partial charge in [-0.1, -0.05) is 12.1 Å². The molecular weight excluding hydrogens is 262 g/mol. The number of benzene rings is 1. The summed E-state index contributed by atoms with van der Waals surface area (Å²) in [4.78, 5) is 20.9. The topological polar surface area (TPSA) is 47.8 Å². The smallest absolute Gasteiger partial charge is 0.185 e. The Bertz CT molecular complexity index is 805. The van der Waals surface area contributed by atoms with Crippen LogP contribution in [0.4, 0.5) is 0 Å². The molecule has 0 aliphatic heterocycles. The second-order valence-electron chi connectivity index (χ2n) is 5.12. The van der Waals surface area contributed by atoms with Gasteiger partial charge < -0.3 is 4.57 Å². The highest BCUT2D eigenvalue weighted by Crippen LogP contribution is 2.16. The van der Waals surface area contributed by atoms with Crippen LogP contribution in [0.5, 0.6) is 0 Å². The van der Waals surface area contributed by atoms with Crippen molar-refractivity contribution in [3.63, 3.8) is 0 Å². The van der Waals surface area contributed by atoms with Crippen LogP contribution < -0.4 is 0 Å². The number of aromatic nitrogens is 3. The highest BCUT2D eigenvalue weighted by Gasteiger charge is 2.10. The zero-order valence-electron chi connectivity index (χ0n) is 12.2. The molecule has 0 fully saturated rings. The number of rotatable bonds is 4. The largest absolute Gasteiger partial charge is 0.331 e. The van der Waals surface area contributed by atoms with Gasteiger partial charge in [0.15, 0.2) is 5.78 Å². The highest BCUT2D eigenvalue weighted by atomic mass is 16.1. The Morgan fingerprint density at radius 3 is 2.86 bits per heavy atom. The second-order valence-corrected chi connectivity index (χ2v) is 5.12. The van der Waals surface area contributed by atoms with Gasteiger partial charge in [-0.3, -0.25) is 9.78 Å². The average molecular weight is 279 g/mol. The van der Waals surface area contributed by atoms with E-state index in [1.165, 1.54) is 0 Å². The summed E-state index contributed by atoms with van der Waals surface area (Å²) < 4.78 is 2.08. The van der Waals surface area contributed by atoms with Crippen LogP contribution in [0.1, 0.15) is 28.7 Å². The zero-order valence-corrected chi connectivity index (χ0v) is 12.2. The third-order valence-electron chi connectivity index (χ3n) is 3.56. The minimum absolute atomic E-state index is 0.0422. The molecule has 0 bridgehead atoms. The number of carbonyl (C=O) groups is 1. The van der Waals surface area contributed by atoms with Crippen molar-refractivity contribution in [2.75, 3.05) is 0 Å². The number of hydrogen-bond acceptors (Lipinski definition) is 3. The Labute approximate surface area is 123 Å². The number of carbonyl (C=O) groups excluding carboxylic acids is 1. The van der Waals surface area contributed by atoms with Crippen LogP contribution in [-0.2, 0) is 13.0 Å². The predicted molar refractivity (Wildman–Crippen MR) is 82.4 cm³/mol. The molecule has 0 spiro atoms. The third kappa shape index (κ3) is 2.70. The van der Waals surface area contributed by atoms with E-state index in [1.54, 1.807) is 6.07 Å². The van der Waals surface area contributed by atoms with Gasteiger partial charge in [-0.25, -0.2) is 4.98 Å². The van der Waals surface area contributed by atoms with E-state index >= 15 is 0 Å². The van der Waals surface area contributed by atoms with Crippen LogP contribution in [0.2, 0.25) is 0 Å². The van der Waals surface area contributed by atoms with Gasteiger partial charge in [-0.05, 0) is 43.7 Å². The Hall–Kier alpha value is -2.49. The summed E-state index contributed by atoms with van der Waals surface area (Å²) in [5, 5.41) is 0. The molecule has 3 rings (SSSR count). The minimum atomic E-state index is 0.0422. The Morgan fingerprint density at radius 1 is 1.24 bits per heavy atom.